The zero-order valence-corrected chi connectivity index (χ0v) is 11.0. The summed E-state index contributed by atoms with van der Waals surface area (Å²) in [5.41, 5.74) is 0.555. The van der Waals surface area contributed by atoms with Crippen molar-refractivity contribution in [1.82, 2.24) is 10.1 Å². The fourth-order valence-corrected chi connectivity index (χ4v) is 2.40. The maximum absolute atomic E-state index is 8.96. The van der Waals surface area contributed by atoms with Crippen molar-refractivity contribution in [2.24, 2.45) is 0 Å². The lowest BCUT2D eigenvalue weighted by atomic mass is 10.2. The fraction of sp³-hybridized carbons (Fsp3) is 0.417. The monoisotopic (exact) mass is 263 g/mol. The molecule has 2 heterocycles. The van der Waals surface area contributed by atoms with E-state index in [2.05, 4.69) is 23.1 Å². The molecule has 2 aromatic heterocycles. The molecule has 0 fully saturated rings. The van der Waals surface area contributed by atoms with E-state index in [4.69, 9.17) is 14.5 Å². The number of methoxy groups -OCH3 is 1. The number of hydrogen-bond acceptors (Lipinski definition) is 6. The molecule has 18 heavy (non-hydrogen) atoms. The average Bonchev–Trinajstić information content (AvgIpc) is 3.03. The molecule has 0 aliphatic heterocycles. The number of rotatable bonds is 5. The molecule has 94 valence electrons. The Hall–Kier alpha value is -1.71. The molecule has 0 amide bonds. The Morgan fingerprint density at radius 2 is 2.44 bits per heavy atom. The second-order valence-electron chi connectivity index (χ2n) is 3.75. The summed E-state index contributed by atoms with van der Waals surface area (Å²) < 4.78 is 10.5. The van der Waals surface area contributed by atoms with Crippen molar-refractivity contribution < 1.29 is 9.26 Å². The molecule has 0 saturated carbocycles. The second-order valence-corrected chi connectivity index (χ2v) is 4.66. The molecule has 0 aliphatic carbocycles. The predicted molar refractivity (Wildman–Crippen MR) is 67.0 cm³/mol. The molecule has 6 heteroatoms. The third-order valence-electron chi connectivity index (χ3n) is 2.55. The molecule has 0 spiro atoms. The first kappa shape index (κ1) is 12.7. The van der Waals surface area contributed by atoms with Crippen molar-refractivity contribution >= 4 is 11.3 Å². The maximum Gasteiger partial charge on any atom is 0.269 e. The highest BCUT2D eigenvalue weighted by atomic mass is 32.1. The van der Waals surface area contributed by atoms with Gasteiger partial charge in [-0.2, -0.15) is 10.2 Å². The van der Waals surface area contributed by atoms with Crippen molar-refractivity contribution in [2.45, 2.75) is 25.9 Å². The van der Waals surface area contributed by atoms with E-state index in [1.165, 1.54) is 11.3 Å². The largest absolute Gasteiger partial charge is 0.373 e. The Bertz CT molecular complexity index is 556. The summed E-state index contributed by atoms with van der Waals surface area (Å²) in [6.45, 7) is 2.07. The van der Waals surface area contributed by atoms with E-state index in [9.17, 15) is 0 Å². The highest BCUT2D eigenvalue weighted by Crippen LogP contribution is 2.29. The predicted octanol–water partition coefficient (Wildman–Crippen LogP) is 3.16. The number of nitrogens with zero attached hydrogens (tertiary/aromatic N) is 3. The van der Waals surface area contributed by atoms with E-state index in [-0.39, 0.29) is 6.10 Å². The fourth-order valence-electron chi connectivity index (χ4n) is 1.64. The zero-order valence-electron chi connectivity index (χ0n) is 10.2. The molecule has 0 radical (unpaired) electrons. The summed E-state index contributed by atoms with van der Waals surface area (Å²) >= 11 is 1.41. The van der Waals surface area contributed by atoms with Crippen LogP contribution in [0.3, 0.4) is 0 Å². The standard InChI is InChI=1S/C12H13N3O2S/c1-3-4-9(16-2)11-14-12(17-15-11)10-8(7-13)5-6-18-10/h5-6,9H,3-4H2,1-2H3. The minimum atomic E-state index is -0.155. The van der Waals surface area contributed by atoms with Gasteiger partial charge in [0, 0.05) is 7.11 Å². The lowest BCUT2D eigenvalue weighted by Gasteiger charge is -2.08. The van der Waals surface area contributed by atoms with Crippen LogP contribution in [0.15, 0.2) is 16.0 Å². The van der Waals surface area contributed by atoms with Gasteiger partial charge in [0.15, 0.2) is 0 Å². The lowest BCUT2D eigenvalue weighted by Crippen LogP contribution is -2.03. The minimum Gasteiger partial charge on any atom is -0.373 e. The Balaban J connectivity index is 2.28. The number of ether oxygens (including phenoxy) is 1. The van der Waals surface area contributed by atoms with E-state index in [1.807, 2.05) is 5.38 Å². The number of nitriles is 1. The van der Waals surface area contributed by atoms with Crippen LogP contribution in [0.5, 0.6) is 0 Å². The van der Waals surface area contributed by atoms with Crippen LogP contribution >= 0.6 is 11.3 Å². The molecule has 5 nitrogen and oxygen atoms in total. The normalized spacial score (nSPS) is 12.3. The van der Waals surface area contributed by atoms with Crippen LogP contribution in [0, 0.1) is 11.3 Å². The molecule has 2 rings (SSSR count). The van der Waals surface area contributed by atoms with Gasteiger partial charge in [0.25, 0.3) is 5.89 Å². The smallest absolute Gasteiger partial charge is 0.269 e. The van der Waals surface area contributed by atoms with Gasteiger partial charge in [0.2, 0.25) is 5.82 Å². The van der Waals surface area contributed by atoms with Crippen LogP contribution in [0.25, 0.3) is 10.8 Å². The molecule has 0 N–H and O–H groups in total. The first-order valence-electron chi connectivity index (χ1n) is 5.64. The maximum atomic E-state index is 8.96. The summed E-state index contributed by atoms with van der Waals surface area (Å²) in [6.07, 6.45) is 1.66. The molecular weight excluding hydrogens is 250 g/mol. The Kier molecular flexibility index (Phi) is 4.07. The van der Waals surface area contributed by atoms with E-state index in [0.29, 0.717) is 22.2 Å². The molecule has 0 saturated heterocycles. The van der Waals surface area contributed by atoms with E-state index in [1.54, 1.807) is 13.2 Å². The van der Waals surface area contributed by atoms with Crippen molar-refractivity contribution in [3.05, 3.63) is 22.8 Å². The Labute approximate surface area is 109 Å². The van der Waals surface area contributed by atoms with Gasteiger partial charge in [-0.05, 0) is 17.9 Å². The molecule has 1 unspecified atom stereocenters. The van der Waals surface area contributed by atoms with Gasteiger partial charge in [-0.15, -0.1) is 11.3 Å². The molecule has 1 atom stereocenters. The van der Waals surface area contributed by atoms with Gasteiger partial charge in [-0.25, -0.2) is 0 Å². The van der Waals surface area contributed by atoms with Crippen LogP contribution in [0.2, 0.25) is 0 Å². The van der Waals surface area contributed by atoms with Gasteiger partial charge >= 0.3 is 0 Å². The molecule has 0 aromatic carbocycles. The summed E-state index contributed by atoms with van der Waals surface area (Å²) in [6, 6.07) is 3.84. The third-order valence-corrected chi connectivity index (χ3v) is 3.45. The number of thiophene rings is 1. The molecule has 0 aliphatic rings. The van der Waals surface area contributed by atoms with Crippen LogP contribution in [0.4, 0.5) is 0 Å². The summed E-state index contributed by atoms with van der Waals surface area (Å²) in [5, 5.41) is 14.7. The van der Waals surface area contributed by atoms with Gasteiger partial charge in [-0.1, -0.05) is 18.5 Å². The van der Waals surface area contributed by atoms with Gasteiger partial charge < -0.3 is 9.26 Å². The molecule has 2 aromatic rings. The first-order chi connectivity index (χ1) is 8.80. The van der Waals surface area contributed by atoms with E-state index in [0.717, 1.165) is 12.8 Å². The van der Waals surface area contributed by atoms with Crippen LogP contribution in [-0.4, -0.2) is 17.3 Å². The van der Waals surface area contributed by atoms with Crippen LogP contribution < -0.4 is 0 Å². The SMILES string of the molecule is CCCC(OC)c1noc(-c2sccc2C#N)n1. The van der Waals surface area contributed by atoms with Crippen molar-refractivity contribution in [2.75, 3.05) is 7.11 Å². The zero-order chi connectivity index (χ0) is 13.0. The second kappa shape index (κ2) is 5.76. The minimum absolute atomic E-state index is 0.155. The van der Waals surface area contributed by atoms with E-state index >= 15 is 0 Å². The van der Waals surface area contributed by atoms with Gasteiger partial charge in [0.1, 0.15) is 17.1 Å². The highest BCUT2D eigenvalue weighted by molar-refractivity contribution is 7.13. The van der Waals surface area contributed by atoms with Gasteiger partial charge in [-0.3, -0.25) is 0 Å². The molecular formula is C12H13N3O2S. The Morgan fingerprint density at radius 3 is 3.11 bits per heavy atom. The van der Waals surface area contributed by atoms with Crippen LogP contribution in [0.1, 0.15) is 37.3 Å². The summed E-state index contributed by atoms with van der Waals surface area (Å²) in [7, 11) is 1.63. The van der Waals surface area contributed by atoms with Crippen molar-refractivity contribution in [1.29, 1.82) is 5.26 Å². The topological polar surface area (TPSA) is 71.9 Å². The van der Waals surface area contributed by atoms with E-state index < -0.39 is 0 Å². The summed E-state index contributed by atoms with van der Waals surface area (Å²) in [5.74, 6) is 0.918. The average molecular weight is 263 g/mol. The first-order valence-corrected chi connectivity index (χ1v) is 6.52. The molecule has 0 bridgehead atoms. The summed E-state index contributed by atoms with van der Waals surface area (Å²) in [4.78, 5) is 5.02. The van der Waals surface area contributed by atoms with Crippen molar-refractivity contribution in [3.8, 4) is 16.8 Å². The van der Waals surface area contributed by atoms with Gasteiger partial charge in [0.05, 0.1) is 5.56 Å². The third kappa shape index (κ3) is 2.42. The lowest BCUT2D eigenvalue weighted by molar-refractivity contribution is 0.0854. The highest BCUT2D eigenvalue weighted by Gasteiger charge is 2.19. The quantitative estimate of drug-likeness (QED) is 0.828. The number of aromatic nitrogens is 2. The number of hydrogen-bond donors (Lipinski definition) is 0. The van der Waals surface area contributed by atoms with Crippen LogP contribution in [-0.2, 0) is 4.74 Å². The Morgan fingerprint density at radius 1 is 1.61 bits per heavy atom. The van der Waals surface area contributed by atoms with Crippen molar-refractivity contribution in [3.63, 3.8) is 0 Å².